The van der Waals surface area contributed by atoms with Crippen LogP contribution in [0.15, 0.2) is 34.5 Å². The van der Waals surface area contributed by atoms with E-state index in [9.17, 15) is 4.79 Å². The molecular formula is C16H21N3O2S. The van der Waals surface area contributed by atoms with Crippen molar-refractivity contribution in [1.29, 1.82) is 0 Å². The number of nitrogens with one attached hydrogen (secondary N) is 1. The molecule has 6 heteroatoms. The van der Waals surface area contributed by atoms with Crippen molar-refractivity contribution in [3.8, 4) is 0 Å². The van der Waals surface area contributed by atoms with Gasteiger partial charge in [0.25, 0.3) is 5.91 Å². The molecule has 1 aliphatic heterocycles. The molecule has 1 fully saturated rings. The minimum Gasteiger partial charge on any atom is -0.468 e. The van der Waals surface area contributed by atoms with Gasteiger partial charge >= 0.3 is 0 Å². The van der Waals surface area contributed by atoms with Gasteiger partial charge in [0.15, 0.2) is 0 Å². The van der Waals surface area contributed by atoms with E-state index < -0.39 is 0 Å². The van der Waals surface area contributed by atoms with Gasteiger partial charge < -0.3 is 9.73 Å². The highest BCUT2D eigenvalue weighted by Gasteiger charge is 2.20. The number of hydrogen-bond donors (Lipinski definition) is 1. The molecule has 118 valence electrons. The molecule has 1 saturated heterocycles. The van der Waals surface area contributed by atoms with Gasteiger partial charge in [-0.2, -0.15) is 0 Å². The summed E-state index contributed by atoms with van der Waals surface area (Å²) >= 11 is 1.38. The molecular weight excluding hydrogens is 298 g/mol. The second-order valence-corrected chi connectivity index (χ2v) is 6.62. The lowest BCUT2D eigenvalue weighted by atomic mass is 9.94. The minimum atomic E-state index is -0.00856. The quantitative estimate of drug-likeness (QED) is 0.889. The Balaban J connectivity index is 1.40. The fraction of sp³-hybridized carbons (Fsp3) is 0.500. The van der Waals surface area contributed by atoms with Crippen molar-refractivity contribution in [3.63, 3.8) is 0 Å². The van der Waals surface area contributed by atoms with E-state index in [-0.39, 0.29) is 5.91 Å². The summed E-state index contributed by atoms with van der Waals surface area (Å²) in [5, 5.41) is 2.99. The third kappa shape index (κ3) is 4.18. The number of aromatic nitrogens is 1. The molecule has 1 aliphatic rings. The predicted molar refractivity (Wildman–Crippen MR) is 85.8 cm³/mol. The summed E-state index contributed by atoms with van der Waals surface area (Å²) in [6, 6.07) is 3.96. The van der Waals surface area contributed by atoms with E-state index in [1.165, 1.54) is 24.2 Å². The average Bonchev–Trinajstić information content (AvgIpc) is 3.21. The summed E-state index contributed by atoms with van der Waals surface area (Å²) < 4.78 is 5.42. The number of rotatable bonds is 6. The number of carbonyl (C=O) groups excluding carboxylic acids is 1. The molecule has 2 aromatic rings. The first-order chi connectivity index (χ1) is 10.8. The van der Waals surface area contributed by atoms with Gasteiger partial charge in [-0.05, 0) is 43.9 Å². The van der Waals surface area contributed by atoms with E-state index in [1.54, 1.807) is 18.0 Å². The molecule has 0 radical (unpaired) electrons. The second kappa shape index (κ2) is 7.56. The number of nitrogens with zero attached hydrogens (tertiary/aromatic N) is 2. The van der Waals surface area contributed by atoms with Gasteiger partial charge in [0.2, 0.25) is 0 Å². The summed E-state index contributed by atoms with van der Waals surface area (Å²) in [5.41, 5.74) is 1.68. The Hall–Kier alpha value is -1.66. The molecule has 0 aromatic carbocycles. The van der Waals surface area contributed by atoms with E-state index in [4.69, 9.17) is 4.42 Å². The number of piperidine rings is 1. The molecule has 0 spiro atoms. The summed E-state index contributed by atoms with van der Waals surface area (Å²) in [7, 11) is 0. The Morgan fingerprint density at radius 1 is 1.55 bits per heavy atom. The maximum atomic E-state index is 11.9. The standard InChI is InChI=1S/C16H21N3O2S/c20-16(15-9-17-12-22-15)18-6-5-13-3-1-7-19(10-13)11-14-4-2-8-21-14/h2,4,8-9,12-13H,1,3,5-7,10-11H2,(H,18,20)/t13-/m1/s1. The topological polar surface area (TPSA) is 58.4 Å². The number of hydrogen-bond acceptors (Lipinski definition) is 5. The highest BCUT2D eigenvalue weighted by atomic mass is 32.1. The van der Waals surface area contributed by atoms with Gasteiger partial charge in [-0.1, -0.05) is 0 Å². The fourth-order valence-corrected chi connectivity index (χ4v) is 3.49. The zero-order valence-electron chi connectivity index (χ0n) is 12.5. The van der Waals surface area contributed by atoms with Gasteiger partial charge in [0, 0.05) is 13.1 Å². The lowest BCUT2D eigenvalue weighted by Gasteiger charge is -2.32. The Bertz CT molecular complexity index is 568. The van der Waals surface area contributed by atoms with Crippen LogP contribution in [-0.4, -0.2) is 35.4 Å². The van der Waals surface area contributed by atoms with Crippen molar-refractivity contribution in [2.75, 3.05) is 19.6 Å². The van der Waals surface area contributed by atoms with Gasteiger partial charge in [-0.25, -0.2) is 0 Å². The van der Waals surface area contributed by atoms with Crippen LogP contribution in [-0.2, 0) is 6.54 Å². The van der Waals surface area contributed by atoms with Crippen molar-refractivity contribution in [2.24, 2.45) is 5.92 Å². The lowest BCUT2D eigenvalue weighted by molar-refractivity contribution is 0.0949. The monoisotopic (exact) mass is 319 g/mol. The number of furan rings is 1. The summed E-state index contributed by atoms with van der Waals surface area (Å²) in [5.74, 6) is 1.66. The first-order valence-corrected chi connectivity index (χ1v) is 8.60. The maximum Gasteiger partial charge on any atom is 0.262 e. The van der Waals surface area contributed by atoms with E-state index in [0.29, 0.717) is 10.8 Å². The molecule has 0 aliphatic carbocycles. The molecule has 22 heavy (non-hydrogen) atoms. The molecule has 0 unspecified atom stereocenters. The Labute approximate surface area is 134 Å². The van der Waals surface area contributed by atoms with Crippen LogP contribution >= 0.6 is 11.3 Å². The molecule has 0 bridgehead atoms. The zero-order valence-corrected chi connectivity index (χ0v) is 13.3. The van der Waals surface area contributed by atoms with E-state index >= 15 is 0 Å². The normalized spacial score (nSPS) is 19.2. The molecule has 5 nitrogen and oxygen atoms in total. The van der Waals surface area contributed by atoms with Gasteiger partial charge in [-0.3, -0.25) is 14.7 Å². The average molecular weight is 319 g/mol. The van der Waals surface area contributed by atoms with Crippen molar-refractivity contribution < 1.29 is 9.21 Å². The molecule has 3 heterocycles. The van der Waals surface area contributed by atoms with E-state index in [0.717, 1.165) is 38.4 Å². The van der Waals surface area contributed by atoms with Gasteiger partial charge in [-0.15, -0.1) is 11.3 Å². The van der Waals surface area contributed by atoms with Gasteiger partial charge in [0.1, 0.15) is 10.6 Å². The van der Waals surface area contributed by atoms with Crippen LogP contribution in [0.5, 0.6) is 0 Å². The molecule has 2 aromatic heterocycles. The second-order valence-electron chi connectivity index (χ2n) is 5.73. The molecule has 3 rings (SSSR count). The highest BCUT2D eigenvalue weighted by Crippen LogP contribution is 2.21. The van der Waals surface area contributed by atoms with Crippen molar-refractivity contribution in [3.05, 3.63) is 40.7 Å². The smallest absolute Gasteiger partial charge is 0.262 e. The van der Waals surface area contributed by atoms with Crippen LogP contribution in [0.25, 0.3) is 0 Å². The van der Waals surface area contributed by atoms with Crippen LogP contribution in [0.3, 0.4) is 0 Å². The van der Waals surface area contributed by atoms with Crippen LogP contribution in [0, 0.1) is 5.92 Å². The molecule has 0 saturated carbocycles. The molecule has 1 atom stereocenters. The Kier molecular flexibility index (Phi) is 5.24. The van der Waals surface area contributed by atoms with Crippen LogP contribution in [0.2, 0.25) is 0 Å². The van der Waals surface area contributed by atoms with Crippen LogP contribution in [0.4, 0.5) is 0 Å². The largest absolute Gasteiger partial charge is 0.468 e. The van der Waals surface area contributed by atoms with E-state index in [1.807, 2.05) is 12.1 Å². The van der Waals surface area contributed by atoms with Crippen molar-refractivity contribution in [2.45, 2.75) is 25.8 Å². The number of thiazole rings is 1. The first-order valence-electron chi connectivity index (χ1n) is 7.72. The summed E-state index contributed by atoms with van der Waals surface area (Å²) in [6.07, 6.45) is 6.83. The number of likely N-dealkylation sites (tertiary alicyclic amines) is 1. The summed E-state index contributed by atoms with van der Waals surface area (Å²) in [6.45, 7) is 3.83. The highest BCUT2D eigenvalue weighted by molar-refractivity contribution is 7.11. The van der Waals surface area contributed by atoms with Crippen LogP contribution < -0.4 is 5.32 Å². The van der Waals surface area contributed by atoms with E-state index in [2.05, 4.69) is 15.2 Å². The number of amides is 1. The zero-order chi connectivity index (χ0) is 15.2. The summed E-state index contributed by atoms with van der Waals surface area (Å²) in [4.78, 5) is 18.9. The third-order valence-corrected chi connectivity index (χ3v) is 4.83. The maximum absolute atomic E-state index is 11.9. The van der Waals surface area contributed by atoms with Crippen molar-refractivity contribution in [1.82, 2.24) is 15.2 Å². The fourth-order valence-electron chi connectivity index (χ4n) is 2.96. The van der Waals surface area contributed by atoms with Gasteiger partial charge in [0.05, 0.1) is 24.5 Å². The predicted octanol–water partition coefficient (Wildman–Crippen LogP) is 2.77. The third-order valence-electron chi connectivity index (χ3n) is 4.06. The lowest BCUT2D eigenvalue weighted by Crippen LogP contribution is -2.36. The number of carbonyl (C=O) groups is 1. The first kappa shape index (κ1) is 15.2. The minimum absolute atomic E-state index is 0.00856. The Morgan fingerprint density at radius 3 is 3.27 bits per heavy atom. The SMILES string of the molecule is O=C(NCC[C@H]1CCCN(Cc2ccco2)C1)c1cncs1. The van der Waals surface area contributed by atoms with Crippen LogP contribution in [0.1, 0.15) is 34.7 Å². The molecule has 1 amide bonds. The molecule has 1 N–H and O–H groups in total. The van der Waals surface area contributed by atoms with Crippen molar-refractivity contribution >= 4 is 17.2 Å². The Morgan fingerprint density at radius 2 is 2.50 bits per heavy atom.